The predicted octanol–water partition coefficient (Wildman–Crippen LogP) is 1.12. The fourth-order valence-corrected chi connectivity index (χ4v) is 4.39. The monoisotopic (exact) mass is 297 g/mol. The summed E-state index contributed by atoms with van der Waals surface area (Å²) in [4.78, 5) is 8.22. The number of nitrogens with zero attached hydrogens (tertiary/aromatic N) is 3. The van der Waals surface area contributed by atoms with Gasteiger partial charge in [-0.1, -0.05) is 0 Å². The van der Waals surface area contributed by atoms with Crippen LogP contribution in [0.4, 0.5) is 0 Å². The van der Waals surface area contributed by atoms with Crippen LogP contribution in [-0.4, -0.2) is 47.1 Å². The molecule has 2 heterocycles. The first-order valence-corrected chi connectivity index (χ1v) is 8.51. The molecule has 1 saturated carbocycles. The average molecular weight is 297 g/mol. The zero-order valence-corrected chi connectivity index (χ0v) is 12.3. The molecule has 110 valence electrons. The first-order valence-electron chi connectivity index (χ1n) is 7.01. The van der Waals surface area contributed by atoms with Gasteiger partial charge in [0, 0.05) is 18.8 Å². The van der Waals surface area contributed by atoms with Gasteiger partial charge in [0.25, 0.3) is 0 Å². The van der Waals surface area contributed by atoms with Crippen LogP contribution >= 0.6 is 0 Å². The summed E-state index contributed by atoms with van der Waals surface area (Å²) in [6.45, 7) is 2.85. The second-order valence-electron chi connectivity index (χ2n) is 5.43. The van der Waals surface area contributed by atoms with Crippen LogP contribution < -0.4 is 4.74 Å². The summed E-state index contributed by atoms with van der Waals surface area (Å²) in [5, 5.41) is -0.150. The molecular formula is C13H19N3O3S. The van der Waals surface area contributed by atoms with Crippen molar-refractivity contribution in [3.8, 4) is 5.88 Å². The molecule has 0 spiro atoms. The van der Waals surface area contributed by atoms with Gasteiger partial charge in [0.05, 0.1) is 11.8 Å². The van der Waals surface area contributed by atoms with E-state index in [-0.39, 0.29) is 11.4 Å². The highest BCUT2D eigenvalue weighted by Crippen LogP contribution is 2.32. The molecule has 6 nitrogen and oxygen atoms in total. The van der Waals surface area contributed by atoms with Gasteiger partial charge in [-0.05, 0) is 32.6 Å². The summed E-state index contributed by atoms with van der Waals surface area (Å²) in [7, 11) is -3.10. The second kappa shape index (κ2) is 5.29. The molecule has 1 aromatic rings. The molecule has 7 heteroatoms. The van der Waals surface area contributed by atoms with Crippen molar-refractivity contribution in [2.45, 2.75) is 44.0 Å². The minimum absolute atomic E-state index is 0.119. The maximum Gasteiger partial charge on any atom is 0.217 e. The average Bonchev–Trinajstić information content (AvgIpc) is 3.23. The zero-order chi connectivity index (χ0) is 14.2. The summed E-state index contributed by atoms with van der Waals surface area (Å²) in [5.41, 5.74) is 0. The first kappa shape index (κ1) is 13.8. The molecule has 1 atom stereocenters. The summed E-state index contributed by atoms with van der Waals surface area (Å²) in [6.07, 6.45) is 4.83. The van der Waals surface area contributed by atoms with Crippen molar-refractivity contribution in [2.75, 3.05) is 13.1 Å². The number of sulfonamides is 1. The Bertz CT molecular complexity index is 586. The van der Waals surface area contributed by atoms with Crippen molar-refractivity contribution in [2.24, 2.45) is 0 Å². The molecule has 1 aliphatic heterocycles. The van der Waals surface area contributed by atoms with Crippen LogP contribution in [0.25, 0.3) is 0 Å². The zero-order valence-electron chi connectivity index (χ0n) is 11.5. The number of hydrogen-bond donors (Lipinski definition) is 0. The Morgan fingerprint density at radius 1 is 1.35 bits per heavy atom. The Kier molecular flexibility index (Phi) is 3.64. The molecule has 1 saturated heterocycles. The Balaban J connectivity index is 1.66. The van der Waals surface area contributed by atoms with E-state index in [9.17, 15) is 8.42 Å². The smallest absolute Gasteiger partial charge is 0.217 e. The Morgan fingerprint density at radius 2 is 2.15 bits per heavy atom. The normalized spacial score (nSPS) is 24.6. The molecule has 20 heavy (non-hydrogen) atoms. The SMILES string of the molecule is Cc1nccc(O[C@H]2CCCN(S(=O)(=O)C3CC3)C2)n1. The molecule has 0 aromatic carbocycles. The lowest BCUT2D eigenvalue weighted by Crippen LogP contribution is -2.45. The number of rotatable bonds is 4. The van der Waals surface area contributed by atoms with Crippen LogP contribution in [0.2, 0.25) is 0 Å². The summed E-state index contributed by atoms with van der Waals surface area (Å²) in [5.74, 6) is 1.17. The fourth-order valence-electron chi connectivity index (χ4n) is 2.48. The quantitative estimate of drug-likeness (QED) is 0.832. The molecule has 2 fully saturated rings. The van der Waals surface area contributed by atoms with Crippen LogP contribution in [0, 0.1) is 6.92 Å². The lowest BCUT2D eigenvalue weighted by atomic mass is 10.1. The van der Waals surface area contributed by atoms with Crippen molar-refractivity contribution < 1.29 is 13.2 Å². The number of aromatic nitrogens is 2. The maximum absolute atomic E-state index is 12.2. The van der Waals surface area contributed by atoms with Crippen molar-refractivity contribution in [1.29, 1.82) is 0 Å². The van der Waals surface area contributed by atoms with Crippen LogP contribution in [0.15, 0.2) is 12.3 Å². The van der Waals surface area contributed by atoms with E-state index >= 15 is 0 Å². The molecule has 0 bridgehead atoms. The van der Waals surface area contributed by atoms with E-state index in [2.05, 4.69) is 9.97 Å². The van der Waals surface area contributed by atoms with Gasteiger partial charge < -0.3 is 4.74 Å². The highest BCUT2D eigenvalue weighted by Gasteiger charge is 2.41. The van der Waals surface area contributed by atoms with Crippen LogP contribution in [0.1, 0.15) is 31.5 Å². The highest BCUT2D eigenvalue weighted by atomic mass is 32.2. The number of aryl methyl sites for hydroxylation is 1. The van der Waals surface area contributed by atoms with Crippen LogP contribution in [0.5, 0.6) is 5.88 Å². The molecular weight excluding hydrogens is 278 g/mol. The van der Waals surface area contributed by atoms with E-state index < -0.39 is 10.0 Å². The molecule has 0 radical (unpaired) electrons. The van der Waals surface area contributed by atoms with Gasteiger partial charge in [-0.2, -0.15) is 9.29 Å². The van der Waals surface area contributed by atoms with Gasteiger partial charge in [0.15, 0.2) is 0 Å². The standard InChI is InChI=1S/C13H19N3O3S/c1-10-14-7-6-13(15-10)19-11-3-2-8-16(9-11)20(17,18)12-4-5-12/h6-7,11-12H,2-5,8-9H2,1H3/t11-/m0/s1. The first-order chi connectivity index (χ1) is 9.55. The van der Waals surface area contributed by atoms with Crippen molar-refractivity contribution in [3.05, 3.63) is 18.1 Å². The summed E-state index contributed by atoms with van der Waals surface area (Å²) >= 11 is 0. The van der Waals surface area contributed by atoms with Crippen molar-refractivity contribution in [3.63, 3.8) is 0 Å². The van der Waals surface area contributed by atoms with E-state index in [0.29, 0.717) is 24.8 Å². The van der Waals surface area contributed by atoms with Crippen molar-refractivity contribution >= 4 is 10.0 Å². The third-order valence-corrected chi connectivity index (χ3v) is 6.05. The Labute approximate surface area is 119 Å². The Hall–Kier alpha value is -1.21. The molecule has 0 N–H and O–H groups in total. The lowest BCUT2D eigenvalue weighted by Gasteiger charge is -2.31. The van der Waals surface area contributed by atoms with E-state index in [4.69, 9.17) is 4.74 Å². The molecule has 1 aliphatic carbocycles. The summed E-state index contributed by atoms with van der Waals surface area (Å²) in [6, 6.07) is 1.71. The van der Waals surface area contributed by atoms with Gasteiger partial charge in [-0.25, -0.2) is 13.4 Å². The molecule has 0 amide bonds. The molecule has 0 unspecified atom stereocenters. The Morgan fingerprint density at radius 3 is 2.85 bits per heavy atom. The van der Waals surface area contributed by atoms with E-state index in [1.54, 1.807) is 23.5 Å². The highest BCUT2D eigenvalue weighted by molar-refractivity contribution is 7.90. The van der Waals surface area contributed by atoms with Gasteiger partial charge in [0.1, 0.15) is 11.9 Å². The predicted molar refractivity (Wildman–Crippen MR) is 73.9 cm³/mol. The summed E-state index contributed by atoms with van der Waals surface area (Å²) < 4.78 is 31.9. The number of piperidine rings is 1. The van der Waals surface area contributed by atoms with E-state index in [1.807, 2.05) is 0 Å². The lowest BCUT2D eigenvalue weighted by molar-refractivity contribution is 0.124. The van der Waals surface area contributed by atoms with Gasteiger partial charge >= 0.3 is 0 Å². The molecule has 2 aliphatic rings. The largest absolute Gasteiger partial charge is 0.473 e. The van der Waals surface area contributed by atoms with Gasteiger partial charge in [-0.3, -0.25) is 0 Å². The van der Waals surface area contributed by atoms with E-state index in [0.717, 1.165) is 25.7 Å². The molecule has 1 aromatic heterocycles. The second-order valence-corrected chi connectivity index (χ2v) is 7.64. The molecule has 3 rings (SSSR count). The fraction of sp³-hybridized carbons (Fsp3) is 0.692. The number of hydrogen-bond acceptors (Lipinski definition) is 5. The van der Waals surface area contributed by atoms with Gasteiger partial charge in [0.2, 0.25) is 15.9 Å². The topological polar surface area (TPSA) is 72.4 Å². The number of ether oxygens (including phenoxy) is 1. The van der Waals surface area contributed by atoms with Gasteiger partial charge in [-0.15, -0.1) is 0 Å². The minimum Gasteiger partial charge on any atom is -0.473 e. The van der Waals surface area contributed by atoms with Crippen LogP contribution in [0.3, 0.4) is 0 Å². The third-order valence-electron chi connectivity index (χ3n) is 3.68. The van der Waals surface area contributed by atoms with Crippen LogP contribution in [-0.2, 0) is 10.0 Å². The maximum atomic E-state index is 12.2. The van der Waals surface area contributed by atoms with E-state index in [1.165, 1.54) is 0 Å². The third kappa shape index (κ3) is 2.93. The van der Waals surface area contributed by atoms with Crippen molar-refractivity contribution in [1.82, 2.24) is 14.3 Å². The minimum atomic E-state index is -3.10.